The lowest BCUT2D eigenvalue weighted by atomic mass is 10.00. The van der Waals surface area contributed by atoms with E-state index in [4.69, 9.17) is 0 Å². The monoisotopic (exact) mass is 329 g/mol. The third-order valence-electron chi connectivity index (χ3n) is 4.62. The first-order valence-electron chi connectivity index (χ1n) is 8.01. The predicted molar refractivity (Wildman–Crippen MR) is 93.6 cm³/mol. The van der Waals surface area contributed by atoms with Gasteiger partial charge in [-0.15, -0.1) is 0 Å². The molecule has 0 bridgehead atoms. The molecule has 2 aromatic rings. The Bertz CT molecular complexity index is 627. The second kappa shape index (κ2) is 7.23. The van der Waals surface area contributed by atoms with Crippen molar-refractivity contribution in [2.75, 3.05) is 20.6 Å². The Morgan fingerprint density at radius 2 is 2.09 bits per heavy atom. The molecular formula is C18H23N3OS. The highest BCUT2D eigenvalue weighted by atomic mass is 32.1. The Morgan fingerprint density at radius 1 is 1.30 bits per heavy atom. The van der Waals surface area contributed by atoms with Crippen molar-refractivity contribution in [1.82, 2.24) is 14.8 Å². The van der Waals surface area contributed by atoms with Gasteiger partial charge in [0.05, 0.1) is 12.5 Å². The van der Waals surface area contributed by atoms with Crippen LogP contribution >= 0.6 is 11.3 Å². The molecule has 1 amide bonds. The zero-order valence-corrected chi connectivity index (χ0v) is 14.5. The summed E-state index contributed by atoms with van der Waals surface area (Å²) in [5.74, 6) is 0.242. The Morgan fingerprint density at radius 3 is 2.74 bits per heavy atom. The molecule has 3 heterocycles. The summed E-state index contributed by atoms with van der Waals surface area (Å²) in [5, 5.41) is 4.10. The van der Waals surface area contributed by atoms with Crippen LogP contribution < -0.4 is 0 Å². The van der Waals surface area contributed by atoms with E-state index in [9.17, 15) is 4.79 Å². The number of nitrogens with zero attached hydrogens (tertiary/aromatic N) is 3. The maximum absolute atomic E-state index is 12.8. The molecule has 2 atom stereocenters. The number of pyridine rings is 1. The summed E-state index contributed by atoms with van der Waals surface area (Å²) in [6, 6.07) is 6.78. The number of amides is 1. The molecule has 0 radical (unpaired) electrons. The van der Waals surface area contributed by atoms with E-state index >= 15 is 0 Å². The molecule has 5 heteroatoms. The molecule has 2 aromatic heterocycles. The van der Waals surface area contributed by atoms with Crippen LogP contribution in [0.3, 0.4) is 0 Å². The zero-order chi connectivity index (χ0) is 16.2. The van der Waals surface area contributed by atoms with Gasteiger partial charge in [0, 0.05) is 25.0 Å². The van der Waals surface area contributed by atoms with Gasteiger partial charge in [-0.1, -0.05) is 0 Å². The molecule has 0 aromatic carbocycles. The van der Waals surface area contributed by atoms with Crippen LogP contribution in [-0.4, -0.2) is 53.4 Å². The van der Waals surface area contributed by atoms with E-state index in [0.29, 0.717) is 12.5 Å². The molecule has 1 aliphatic heterocycles. The van der Waals surface area contributed by atoms with Crippen molar-refractivity contribution >= 4 is 17.2 Å². The minimum absolute atomic E-state index is 0.235. The van der Waals surface area contributed by atoms with Crippen LogP contribution in [0, 0.1) is 0 Å². The average molecular weight is 329 g/mol. The van der Waals surface area contributed by atoms with Crippen molar-refractivity contribution in [2.45, 2.75) is 31.3 Å². The van der Waals surface area contributed by atoms with Gasteiger partial charge in [-0.3, -0.25) is 9.78 Å². The average Bonchev–Trinajstić information content (AvgIpc) is 3.18. The quantitative estimate of drug-likeness (QED) is 0.845. The first-order chi connectivity index (χ1) is 11.1. The Hall–Kier alpha value is -1.72. The van der Waals surface area contributed by atoms with Crippen LogP contribution in [0.2, 0.25) is 0 Å². The smallest absolute Gasteiger partial charge is 0.227 e. The van der Waals surface area contributed by atoms with Gasteiger partial charge in [0.25, 0.3) is 0 Å². The lowest BCUT2D eigenvalue weighted by Crippen LogP contribution is -2.46. The summed E-state index contributed by atoms with van der Waals surface area (Å²) >= 11 is 1.65. The Labute approximate surface area is 141 Å². The van der Waals surface area contributed by atoms with Gasteiger partial charge < -0.3 is 9.80 Å². The van der Waals surface area contributed by atoms with Crippen molar-refractivity contribution in [3.05, 3.63) is 52.5 Å². The van der Waals surface area contributed by atoms with Gasteiger partial charge in [0.15, 0.2) is 0 Å². The van der Waals surface area contributed by atoms with E-state index in [1.165, 1.54) is 5.56 Å². The highest BCUT2D eigenvalue weighted by molar-refractivity contribution is 7.07. The number of hydrogen-bond acceptors (Lipinski definition) is 4. The first kappa shape index (κ1) is 16.1. The van der Waals surface area contributed by atoms with Crippen molar-refractivity contribution < 1.29 is 4.79 Å². The van der Waals surface area contributed by atoms with Crippen molar-refractivity contribution in [3.8, 4) is 0 Å². The molecule has 1 aliphatic rings. The number of likely N-dealkylation sites (tertiary alicyclic amines) is 1. The van der Waals surface area contributed by atoms with Crippen LogP contribution in [0.4, 0.5) is 0 Å². The topological polar surface area (TPSA) is 36.4 Å². The summed E-state index contributed by atoms with van der Waals surface area (Å²) < 4.78 is 0. The Kier molecular flexibility index (Phi) is 5.08. The maximum Gasteiger partial charge on any atom is 0.227 e. The predicted octanol–water partition coefficient (Wildman–Crippen LogP) is 2.46. The van der Waals surface area contributed by atoms with Gasteiger partial charge in [-0.2, -0.15) is 11.3 Å². The highest BCUT2D eigenvalue weighted by Gasteiger charge is 2.37. The maximum atomic E-state index is 12.8. The summed E-state index contributed by atoms with van der Waals surface area (Å²) in [6.45, 7) is 0.849. The van der Waals surface area contributed by atoms with E-state index in [-0.39, 0.29) is 11.9 Å². The van der Waals surface area contributed by atoms with Gasteiger partial charge in [-0.05, 0) is 67.0 Å². The third kappa shape index (κ3) is 3.79. The second-order valence-corrected chi connectivity index (χ2v) is 7.12. The largest absolute Gasteiger partial charge is 0.337 e. The van der Waals surface area contributed by atoms with Gasteiger partial charge in [0.2, 0.25) is 5.91 Å². The molecule has 0 spiro atoms. The van der Waals surface area contributed by atoms with Crippen LogP contribution in [-0.2, 0) is 17.6 Å². The number of hydrogen-bond donors (Lipinski definition) is 0. The molecule has 3 rings (SSSR count). The van der Waals surface area contributed by atoms with Crippen molar-refractivity contribution in [1.29, 1.82) is 0 Å². The van der Waals surface area contributed by atoms with Crippen LogP contribution in [0.25, 0.3) is 0 Å². The minimum atomic E-state index is 0.235. The molecule has 23 heavy (non-hydrogen) atoms. The third-order valence-corrected chi connectivity index (χ3v) is 5.36. The summed E-state index contributed by atoms with van der Waals surface area (Å²) in [6.07, 6.45) is 6.09. The number of carbonyl (C=O) groups is 1. The number of likely N-dealkylation sites (N-methyl/N-ethyl adjacent to an activating group) is 1. The first-order valence-corrected chi connectivity index (χ1v) is 8.95. The molecule has 0 N–H and O–H groups in total. The van der Waals surface area contributed by atoms with E-state index < -0.39 is 0 Å². The molecule has 0 saturated carbocycles. The van der Waals surface area contributed by atoms with Crippen LogP contribution in [0.5, 0.6) is 0 Å². The van der Waals surface area contributed by atoms with E-state index in [2.05, 4.69) is 34.3 Å². The number of carbonyl (C=O) groups excluding carboxylic acids is 1. The fourth-order valence-electron chi connectivity index (χ4n) is 3.43. The fourth-order valence-corrected chi connectivity index (χ4v) is 4.09. The lowest BCUT2D eigenvalue weighted by molar-refractivity contribution is -0.131. The zero-order valence-electron chi connectivity index (χ0n) is 13.7. The normalized spacial score (nSPS) is 21.1. The van der Waals surface area contributed by atoms with Gasteiger partial charge in [-0.25, -0.2) is 0 Å². The molecule has 1 saturated heterocycles. The summed E-state index contributed by atoms with van der Waals surface area (Å²) in [7, 11) is 4.22. The Balaban J connectivity index is 1.76. The summed E-state index contributed by atoms with van der Waals surface area (Å²) in [4.78, 5) is 21.2. The second-order valence-electron chi connectivity index (χ2n) is 6.34. The molecule has 0 unspecified atom stereocenters. The number of aromatic nitrogens is 1. The molecule has 0 aliphatic carbocycles. The minimum Gasteiger partial charge on any atom is -0.337 e. The van der Waals surface area contributed by atoms with Gasteiger partial charge >= 0.3 is 0 Å². The SMILES string of the molecule is CN(C)[C@@H]1CCN(C(=O)Cc2ccsc2)[C@H]1Cc1ccncc1. The van der Waals surface area contributed by atoms with Crippen molar-refractivity contribution in [3.63, 3.8) is 0 Å². The van der Waals surface area contributed by atoms with Crippen LogP contribution in [0.15, 0.2) is 41.4 Å². The lowest BCUT2D eigenvalue weighted by Gasteiger charge is -2.31. The molecule has 122 valence electrons. The van der Waals surface area contributed by atoms with E-state index in [1.807, 2.05) is 36.0 Å². The fraction of sp³-hybridized carbons (Fsp3) is 0.444. The highest BCUT2D eigenvalue weighted by Crippen LogP contribution is 2.26. The van der Waals surface area contributed by atoms with Crippen molar-refractivity contribution in [2.24, 2.45) is 0 Å². The van der Waals surface area contributed by atoms with Gasteiger partial charge in [0.1, 0.15) is 0 Å². The number of rotatable bonds is 5. The van der Waals surface area contributed by atoms with E-state index in [0.717, 1.165) is 24.9 Å². The summed E-state index contributed by atoms with van der Waals surface area (Å²) in [5.41, 5.74) is 2.36. The molecule has 1 fully saturated rings. The number of thiophene rings is 1. The molecular weight excluding hydrogens is 306 g/mol. The van der Waals surface area contributed by atoms with E-state index in [1.54, 1.807) is 11.3 Å². The molecule has 4 nitrogen and oxygen atoms in total. The standard InChI is InChI=1S/C18H23N3OS/c1-20(2)16-5-9-21(18(22)12-15-6-10-23-13-15)17(16)11-14-3-7-19-8-4-14/h3-4,6-8,10,13,16-17H,5,9,11-12H2,1-2H3/t16-,17+/m1/s1. The van der Waals surface area contributed by atoms with Crippen LogP contribution in [0.1, 0.15) is 17.5 Å².